The monoisotopic (exact) mass is 486 g/mol. The van der Waals surface area contributed by atoms with Crippen LogP contribution in [0.4, 0.5) is 5.69 Å². The zero-order valence-corrected chi connectivity index (χ0v) is 19.3. The maximum atomic E-state index is 13.3. The summed E-state index contributed by atoms with van der Waals surface area (Å²) in [6, 6.07) is 20.5. The molecule has 0 bridgehead atoms. The van der Waals surface area contributed by atoms with Crippen LogP contribution in [-0.2, 0) is 21.2 Å². The fourth-order valence-corrected chi connectivity index (χ4v) is 4.94. The molecule has 1 amide bonds. The Balaban J connectivity index is 1.52. The molecule has 1 aliphatic rings. The molecule has 4 rings (SSSR count). The summed E-state index contributed by atoms with van der Waals surface area (Å²) in [5.74, 6) is 0.681. The van der Waals surface area contributed by atoms with Gasteiger partial charge in [0.1, 0.15) is 13.2 Å². The van der Waals surface area contributed by atoms with Gasteiger partial charge in [0, 0.05) is 23.3 Å². The summed E-state index contributed by atoms with van der Waals surface area (Å²) in [7, 11) is -3.92. The Labute approximate surface area is 197 Å². The second kappa shape index (κ2) is 10.2. The van der Waals surface area contributed by atoms with E-state index in [-0.39, 0.29) is 18.0 Å². The molecule has 0 saturated heterocycles. The fraction of sp³-hybridized carbons (Fsp3) is 0.208. The molecule has 0 saturated carbocycles. The number of halogens is 1. The second-order valence-electron chi connectivity index (χ2n) is 7.43. The lowest BCUT2D eigenvalue weighted by Gasteiger charge is -2.22. The summed E-state index contributed by atoms with van der Waals surface area (Å²) in [5.41, 5.74) is 1.47. The summed E-state index contributed by atoms with van der Waals surface area (Å²) in [5, 5.41) is 3.18. The van der Waals surface area contributed by atoms with Gasteiger partial charge < -0.3 is 14.8 Å². The molecule has 1 aliphatic heterocycles. The number of rotatable bonds is 8. The molecular formula is C24H23ClN2O5S. The van der Waals surface area contributed by atoms with Crippen molar-refractivity contribution in [1.82, 2.24) is 4.31 Å². The number of hydrogen-bond acceptors (Lipinski definition) is 5. The van der Waals surface area contributed by atoms with Gasteiger partial charge >= 0.3 is 0 Å². The molecule has 7 nitrogen and oxygen atoms in total. The van der Waals surface area contributed by atoms with Gasteiger partial charge in [-0.3, -0.25) is 4.79 Å². The van der Waals surface area contributed by atoms with E-state index in [4.69, 9.17) is 21.1 Å². The predicted molar refractivity (Wildman–Crippen MR) is 126 cm³/mol. The third kappa shape index (κ3) is 5.84. The molecule has 0 spiro atoms. The molecule has 0 unspecified atom stereocenters. The quantitative estimate of drug-likeness (QED) is 0.520. The van der Waals surface area contributed by atoms with E-state index in [1.165, 1.54) is 28.6 Å². The molecule has 0 atom stereocenters. The van der Waals surface area contributed by atoms with Crippen LogP contribution in [0.3, 0.4) is 0 Å². The van der Waals surface area contributed by atoms with Crippen molar-refractivity contribution in [2.24, 2.45) is 0 Å². The Morgan fingerprint density at radius 1 is 0.939 bits per heavy atom. The minimum Gasteiger partial charge on any atom is -0.486 e. The van der Waals surface area contributed by atoms with Gasteiger partial charge in [0.2, 0.25) is 15.9 Å². The number of carbonyl (C=O) groups is 1. The van der Waals surface area contributed by atoms with Crippen LogP contribution < -0.4 is 14.8 Å². The van der Waals surface area contributed by atoms with Gasteiger partial charge in [-0.15, -0.1) is 0 Å². The molecule has 1 heterocycles. The minimum absolute atomic E-state index is 0.0760. The number of anilines is 1. The Morgan fingerprint density at radius 3 is 2.36 bits per heavy atom. The topological polar surface area (TPSA) is 84.9 Å². The van der Waals surface area contributed by atoms with Crippen molar-refractivity contribution in [3.05, 3.63) is 83.4 Å². The number of amides is 1. The van der Waals surface area contributed by atoms with E-state index in [0.29, 0.717) is 41.8 Å². The molecule has 33 heavy (non-hydrogen) atoms. The molecule has 0 fully saturated rings. The number of hydrogen-bond donors (Lipinski definition) is 1. The number of benzene rings is 3. The maximum Gasteiger partial charge on any atom is 0.243 e. The number of carbonyl (C=O) groups excluding carboxylic acids is 1. The lowest BCUT2D eigenvalue weighted by atomic mass is 10.1. The predicted octanol–water partition coefficient (Wildman–Crippen LogP) is 3.98. The summed E-state index contributed by atoms with van der Waals surface area (Å²) in [4.78, 5) is 12.9. The van der Waals surface area contributed by atoms with E-state index in [1.54, 1.807) is 18.2 Å². The molecular weight excluding hydrogens is 464 g/mol. The van der Waals surface area contributed by atoms with E-state index in [0.717, 1.165) is 5.56 Å². The number of nitrogens with one attached hydrogen (secondary N) is 1. The Morgan fingerprint density at radius 2 is 1.64 bits per heavy atom. The van der Waals surface area contributed by atoms with Crippen molar-refractivity contribution in [1.29, 1.82) is 0 Å². The van der Waals surface area contributed by atoms with E-state index in [2.05, 4.69) is 5.32 Å². The minimum atomic E-state index is -3.92. The van der Waals surface area contributed by atoms with Crippen LogP contribution in [0.15, 0.2) is 77.7 Å². The smallest absolute Gasteiger partial charge is 0.243 e. The van der Waals surface area contributed by atoms with Crippen molar-refractivity contribution >= 4 is 33.2 Å². The first kappa shape index (κ1) is 23.1. The van der Waals surface area contributed by atoms with Crippen LogP contribution in [0.5, 0.6) is 11.5 Å². The average Bonchev–Trinajstić information content (AvgIpc) is 2.82. The third-order valence-corrected chi connectivity index (χ3v) is 7.20. The first-order valence-electron chi connectivity index (χ1n) is 10.4. The number of nitrogens with zero attached hydrogens (tertiary/aromatic N) is 1. The maximum absolute atomic E-state index is 13.3. The summed E-state index contributed by atoms with van der Waals surface area (Å²) < 4.78 is 38.8. The Hall–Kier alpha value is -3.07. The molecule has 3 aromatic carbocycles. The van der Waals surface area contributed by atoms with Crippen molar-refractivity contribution in [2.45, 2.75) is 11.3 Å². The van der Waals surface area contributed by atoms with Crippen molar-refractivity contribution in [3.8, 4) is 11.5 Å². The second-order valence-corrected chi connectivity index (χ2v) is 9.81. The van der Waals surface area contributed by atoms with Crippen molar-refractivity contribution in [2.75, 3.05) is 31.6 Å². The SMILES string of the molecule is O=C(CN(CCc1ccccc1)S(=O)(=O)c1ccc(Cl)cc1)Nc1ccc2c(c1)OCCO2. The first-order chi connectivity index (χ1) is 15.9. The molecule has 9 heteroatoms. The van der Waals surface area contributed by atoms with E-state index in [9.17, 15) is 13.2 Å². The normalized spacial score (nSPS) is 13.0. The Kier molecular flexibility index (Phi) is 7.17. The van der Waals surface area contributed by atoms with Crippen LogP contribution in [0.25, 0.3) is 0 Å². The van der Waals surface area contributed by atoms with E-state index in [1.807, 2.05) is 30.3 Å². The molecule has 172 valence electrons. The molecule has 0 radical (unpaired) electrons. The van der Waals surface area contributed by atoms with Gasteiger partial charge in [0.25, 0.3) is 0 Å². The van der Waals surface area contributed by atoms with Gasteiger partial charge in [-0.05, 0) is 48.4 Å². The lowest BCUT2D eigenvalue weighted by molar-refractivity contribution is -0.116. The largest absolute Gasteiger partial charge is 0.486 e. The highest BCUT2D eigenvalue weighted by atomic mass is 35.5. The Bertz CT molecular complexity index is 1220. The third-order valence-electron chi connectivity index (χ3n) is 5.09. The molecule has 1 N–H and O–H groups in total. The highest BCUT2D eigenvalue weighted by Gasteiger charge is 2.27. The van der Waals surface area contributed by atoms with Crippen LogP contribution in [0, 0.1) is 0 Å². The standard InChI is InChI=1S/C24H23ClN2O5S/c25-19-6-9-21(10-7-19)33(29,30)27(13-12-18-4-2-1-3-5-18)17-24(28)26-20-8-11-22-23(16-20)32-15-14-31-22/h1-11,16H,12-15,17H2,(H,26,28). The van der Waals surface area contributed by atoms with Gasteiger partial charge in [-0.25, -0.2) is 8.42 Å². The van der Waals surface area contributed by atoms with E-state index < -0.39 is 15.9 Å². The van der Waals surface area contributed by atoms with Gasteiger partial charge in [-0.2, -0.15) is 4.31 Å². The average molecular weight is 487 g/mol. The first-order valence-corrected chi connectivity index (χ1v) is 12.2. The number of fused-ring (bicyclic) bond motifs is 1. The van der Waals surface area contributed by atoms with Crippen molar-refractivity contribution in [3.63, 3.8) is 0 Å². The van der Waals surface area contributed by atoms with Crippen LogP contribution >= 0.6 is 11.6 Å². The lowest BCUT2D eigenvalue weighted by Crippen LogP contribution is -2.39. The summed E-state index contributed by atoms with van der Waals surface area (Å²) in [6.45, 7) is 0.699. The number of ether oxygens (including phenoxy) is 2. The molecule has 3 aromatic rings. The van der Waals surface area contributed by atoms with E-state index >= 15 is 0 Å². The van der Waals surface area contributed by atoms with Crippen LogP contribution in [0.2, 0.25) is 5.02 Å². The zero-order chi connectivity index (χ0) is 23.3. The van der Waals surface area contributed by atoms with Crippen LogP contribution in [0.1, 0.15) is 5.56 Å². The van der Waals surface area contributed by atoms with Crippen LogP contribution in [-0.4, -0.2) is 44.9 Å². The fourth-order valence-electron chi connectivity index (χ4n) is 3.42. The summed E-state index contributed by atoms with van der Waals surface area (Å²) >= 11 is 5.92. The highest BCUT2D eigenvalue weighted by molar-refractivity contribution is 7.89. The zero-order valence-electron chi connectivity index (χ0n) is 17.7. The van der Waals surface area contributed by atoms with Gasteiger partial charge in [0.05, 0.1) is 11.4 Å². The highest BCUT2D eigenvalue weighted by Crippen LogP contribution is 2.32. The number of sulfonamides is 1. The summed E-state index contributed by atoms with van der Waals surface area (Å²) in [6.07, 6.45) is 0.463. The van der Waals surface area contributed by atoms with Gasteiger partial charge in [-0.1, -0.05) is 41.9 Å². The molecule has 0 aliphatic carbocycles. The van der Waals surface area contributed by atoms with Crippen molar-refractivity contribution < 1.29 is 22.7 Å². The molecule has 0 aromatic heterocycles. The van der Waals surface area contributed by atoms with Gasteiger partial charge in [0.15, 0.2) is 11.5 Å².